The molecule has 4 nitrogen and oxygen atoms in total. The molecule has 2 aromatic rings. The third-order valence-corrected chi connectivity index (χ3v) is 3.53. The van der Waals surface area contributed by atoms with Gasteiger partial charge in [0.25, 0.3) is 0 Å². The van der Waals surface area contributed by atoms with Crippen LogP contribution in [-0.2, 0) is 18.3 Å². The van der Waals surface area contributed by atoms with Crippen LogP contribution < -0.4 is 0 Å². The van der Waals surface area contributed by atoms with Crippen molar-refractivity contribution in [1.29, 1.82) is 0 Å². The van der Waals surface area contributed by atoms with Crippen molar-refractivity contribution in [2.24, 2.45) is 0 Å². The molecule has 0 spiro atoms. The van der Waals surface area contributed by atoms with Gasteiger partial charge in [0.05, 0.1) is 5.69 Å². The van der Waals surface area contributed by atoms with Gasteiger partial charge in [-0.15, -0.1) is 0 Å². The normalized spacial score (nSPS) is 11.9. The van der Waals surface area contributed by atoms with Crippen LogP contribution in [0, 0.1) is 0 Å². The van der Waals surface area contributed by atoms with Gasteiger partial charge in [-0.3, -0.25) is 0 Å². The lowest BCUT2D eigenvalue weighted by Crippen LogP contribution is -2.18. The maximum absolute atomic E-state index is 4.69. The lowest BCUT2D eigenvalue weighted by Gasteiger charge is -2.18. The highest BCUT2D eigenvalue weighted by Crippen LogP contribution is 2.23. The molecule has 0 saturated heterocycles. The van der Waals surface area contributed by atoms with Crippen molar-refractivity contribution in [3.05, 3.63) is 33.9 Å². The summed E-state index contributed by atoms with van der Waals surface area (Å²) in [5, 5.41) is 4.64. The van der Waals surface area contributed by atoms with Crippen LogP contribution >= 0.6 is 15.9 Å². The Balaban J connectivity index is 2.58. The summed E-state index contributed by atoms with van der Waals surface area (Å²) in [7, 11) is 0. The Labute approximate surface area is 128 Å². The van der Waals surface area contributed by atoms with Crippen molar-refractivity contribution < 1.29 is 0 Å². The van der Waals surface area contributed by atoms with Crippen LogP contribution in [0.3, 0.4) is 0 Å². The fourth-order valence-electron chi connectivity index (χ4n) is 1.95. The van der Waals surface area contributed by atoms with Crippen molar-refractivity contribution in [2.75, 3.05) is 0 Å². The highest BCUT2D eigenvalue weighted by Gasteiger charge is 2.20. The molecule has 2 aromatic heterocycles. The molecule has 0 atom stereocenters. The first-order valence-electron chi connectivity index (χ1n) is 6.98. The van der Waals surface area contributed by atoms with E-state index in [1.54, 1.807) is 0 Å². The average Bonchev–Trinajstić information content (AvgIpc) is 2.80. The van der Waals surface area contributed by atoms with E-state index >= 15 is 0 Å². The van der Waals surface area contributed by atoms with Crippen molar-refractivity contribution in [1.82, 2.24) is 19.7 Å². The Morgan fingerprint density at radius 3 is 2.35 bits per heavy atom. The van der Waals surface area contributed by atoms with Gasteiger partial charge in [-0.05, 0) is 34.8 Å². The number of nitrogens with zero attached hydrogens (tertiary/aromatic N) is 4. The quantitative estimate of drug-likeness (QED) is 0.799. The van der Waals surface area contributed by atoms with E-state index in [0.29, 0.717) is 0 Å². The molecule has 0 aliphatic heterocycles. The third-order valence-electron chi connectivity index (χ3n) is 3.13. The predicted molar refractivity (Wildman–Crippen MR) is 84.3 cm³/mol. The maximum atomic E-state index is 4.69. The molecule has 0 saturated carbocycles. The van der Waals surface area contributed by atoms with E-state index < -0.39 is 0 Å². The molecule has 0 aromatic carbocycles. The summed E-state index contributed by atoms with van der Waals surface area (Å²) in [6, 6.07) is 4.06. The number of aromatic nitrogens is 4. The largest absolute Gasteiger partial charge is 0.225 e. The zero-order chi connectivity index (χ0) is 14.9. The minimum absolute atomic E-state index is 0.0916. The standard InChI is InChI=1S/C15H21BrN4/c1-6-10-8-11(7-2)20(19-10)13-9-12(16)17-14(18-13)15(3,4)5/h8-9H,6-7H2,1-5H3. The van der Waals surface area contributed by atoms with Gasteiger partial charge in [-0.1, -0.05) is 34.6 Å². The summed E-state index contributed by atoms with van der Waals surface area (Å²) in [5.41, 5.74) is 2.17. The number of rotatable bonds is 3. The Bertz CT molecular complexity index is 611. The van der Waals surface area contributed by atoms with E-state index in [-0.39, 0.29) is 5.41 Å². The Kier molecular flexibility index (Phi) is 4.28. The van der Waals surface area contributed by atoms with Gasteiger partial charge in [0.2, 0.25) is 0 Å². The molecule has 5 heteroatoms. The average molecular weight is 337 g/mol. The molecule has 2 rings (SSSR count). The minimum Gasteiger partial charge on any atom is -0.225 e. The minimum atomic E-state index is -0.0916. The molecule has 108 valence electrons. The summed E-state index contributed by atoms with van der Waals surface area (Å²) < 4.78 is 2.73. The highest BCUT2D eigenvalue weighted by molar-refractivity contribution is 9.10. The topological polar surface area (TPSA) is 43.6 Å². The molecular formula is C15H21BrN4. The summed E-state index contributed by atoms with van der Waals surface area (Å²) >= 11 is 3.48. The van der Waals surface area contributed by atoms with Crippen LogP contribution in [-0.4, -0.2) is 19.7 Å². The number of halogens is 1. The van der Waals surface area contributed by atoms with E-state index in [1.807, 2.05) is 10.7 Å². The van der Waals surface area contributed by atoms with Gasteiger partial charge >= 0.3 is 0 Å². The molecule has 0 radical (unpaired) electrons. The van der Waals surface area contributed by atoms with E-state index in [0.717, 1.165) is 34.8 Å². The van der Waals surface area contributed by atoms with E-state index in [1.165, 1.54) is 5.69 Å². The summed E-state index contributed by atoms with van der Waals surface area (Å²) in [6.07, 6.45) is 1.86. The van der Waals surface area contributed by atoms with Gasteiger partial charge < -0.3 is 0 Å². The molecule has 0 bridgehead atoms. The molecule has 0 aliphatic rings. The van der Waals surface area contributed by atoms with Gasteiger partial charge in [0.15, 0.2) is 5.82 Å². The fraction of sp³-hybridized carbons (Fsp3) is 0.533. The second-order valence-electron chi connectivity index (χ2n) is 5.87. The predicted octanol–water partition coefficient (Wildman–Crippen LogP) is 3.85. The van der Waals surface area contributed by atoms with Crippen LogP contribution in [0.1, 0.15) is 51.8 Å². The lowest BCUT2D eigenvalue weighted by molar-refractivity contribution is 0.539. The van der Waals surface area contributed by atoms with Crippen molar-refractivity contribution >= 4 is 15.9 Å². The van der Waals surface area contributed by atoms with Crippen LogP contribution in [0.15, 0.2) is 16.7 Å². The van der Waals surface area contributed by atoms with Gasteiger partial charge in [-0.2, -0.15) is 5.10 Å². The second-order valence-corrected chi connectivity index (χ2v) is 6.68. The molecule has 0 unspecified atom stereocenters. The third kappa shape index (κ3) is 3.08. The van der Waals surface area contributed by atoms with Gasteiger partial charge in [-0.25, -0.2) is 14.6 Å². The van der Waals surface area contributed by atoms with E-state index in [9.17, 15) is 0 Å². The molecular weight excluding hydrogens is 316 g/mol. The molecule has 0 aliphatic carbocycles. The fourth-order valence-corrected chi connectivity index (χ4v) is 2.32. The molecule has 20 heavy (non-hydrogen) atoms. The smallest absolute Gasteiger partial charge is 0.158 e. The molecule has 2 heterocycles. The Morgan fingerprint density at radius 1 is 1.10 bits per heavy atom. The first-order chi connectivity index (χ1) is 9.35. The second kappa shape index (κ2) is 5.64. The summed E-state index contributed by atoms with van der Waals surface area (Å²) in [6.45, 7) is 10.6. The Hall–Kier alpha value is -1.23. The monoisotopic (exact) mass is 336 g/mol. The molecule has 0 N–H and O–H groups in total. The number of aryl methyl sites for hydroxylation is 2. The zero-order valence-corrected chi connectivity index (χ0v) is 14.3. The van der Waals surface area contributed by atoms with Crippen LogP contribution in [0.25, 0.3) is 5.82 Å². The lowest BCUT2D eigenvalue weighted by atomic mass is 9.96. The first-order valence-corrected chi connectivity index (χ1v) is 7.77. The number of hydrogen-bond acceptors (Lipinski definition) is 3. The van der Waals surface area contributed by atoms with Crippen LogP contribution in [0.5, 0.6) is 0 Å². The Morgan fingerprint density at radius 2 is 1.80 bits per heavy atom. The molecule has 0 fully saturated rings. The van der Waals surface area contributed by atoms with E-state index in [2.05, 4.69) is 66.7 Å². The van der Waals surface area contributed by atoms with E-state index in [4.69, 9.17) is 4.98 Å². The highest BCUT2D eigenvalue weighted by atomic mass is 79.9. The zero-order valence-electron chi connectivity index (χ0n) is 12.7. The van der Waals surface area contributed by atoms with Gasteiger partial charge in [0, 0.05) is 17.2 Å². The van der Waals surface area contributed by atoms with Crippen molar-refractivity contribution in [3.8, 4) is 5.82 Å². The first kappa shape index (κ1) is 15.2. The molecule has 0 amide bonds. The van der Waals surface area contributed by atoms with Crippen LogP contribution in [0.4, 0.5) is 0 Å². The SMILES string of the molecule is CCc1cc(CC)n(-c2cc(Br)nc(C(C)(C)C)n2)n1. The summed E-state index contributed by atoms with van der Waals surface area (Å²) in [4.78, 5) is 9.17. The maximum Gasteiger partial charge on any atom is 0.158 e. The van der Waals surface area contributed by atoms with Crippen molar-refractivity contribution in [3.63, 3.8) is 0 Å². The summed E-state index contributed by atoms with van der Waals surface area (Å²) in [5.74, 6) is 1.64. The number of hydrogen-bond donors (Lipinski definition) is 0. The van der Waals surface area contributed by atoms with Crippen LogP contribution in [0.2, 0.25) is 0 Å². The van der Waals surface area contributed by atoms with Crippen molar-refractivity contribution in [2.45, 2.75) is 52.9 Å². The van der Waals surface area contributed by atoms with Gasteiger partial charge in [0.1, 0.15) is 10.4 Å².